The fourth-order valence-corrected chi connectivity index (χ4v) is 2.97. The van der Waals surface area contributed by atoms with Gasteiger partial charge in [-0.1, -0.05) is 0 Å². The number of rotatable bonds is 3. The average molecular weight is 254 g/mol. The molecule has 1 unspecified atom stereocenters. The molecule has 0 aromatic carbocycles. The molecule has 0 aromatic rings. The molecule has 2 aliphatic heterocycles. The summed E-state index contributed by atoms with van der Waals surface area (Å²) in [6.07, 6.45) is 1.63. The van der Waals surface area contributed by atoms with Gasteiger partial charge in [0.1, 0.15) is 0 Å². The van der Waals surface area contributed by atoms with Gasteiger partial charge in [0, 0.05) is 38.6 Å². The third kappa shape index (κ3) is 2.51. The van der Waals surface area contributed by atoms with Gasteiger partial charge >= 0.3 is 5.97 Å². The summed E-state index contributed by atoms with van der Waals surface area (Å²) in [5.74, 6) is 0.110. The molecule has 0 radical (unpaired) electrons. The van der Waals surface area contributed by atoms with Crippen molar-refractivity contribution in [1.82, 2.24) is 9.80 Å². The van der Waals surface area contributed by atoms with Gasteiger partial charge in [0.05, 0.1) is 12.5 Å². The molecule has 1 amide bonds. The lowest BCUT2D eigenvalue weighted by Crippen LogP contribution is -2.54. The summed E-state index contributed by atoms with van der Waals surface area (Å²) >= 11 is 0. The van der Waals surface area contributed by atoms with Crippen LogP contribution >= 0.6 is 0 Å². The number of methoxy groups -OCH3 is 1. The first-order chi connectivity index (χ1) is 8.44. The van der Waals surface area contributed by atoms with Gasteiger partial charge in [-0.15, -0.1) is 0 Å². The lowest BCUT2D eigenvalue weighted by atomic mass is 9.92. The molecule has 102 valence electrons. The van der Waals surface area contributed by atoms with Crippen molar-refractivity contribution < 1.29 is 14.3 Å². The molecule has 0 N–H and O–H groups in total. The number of hydrogen-bond donors (Lipinski definition) is 0. The van der Waals surface area contributed by atoms with E-state index < -0.39 is 5.41 Å². The number of esters is 1. The zero-order valence-electron chi connectivity index (χ0n) is 11.4. The molecule has 2 saturated heterocycles. The van der Waals surface area contributed by atoms with Crippen LogP contribution in [0.5, 0.6) is 0 Å². The second-order valence-corrected chi connectivity index (χ2v) is 5.89. The lowest BCUT2D eigenvalue weighted by molar-refractivity contribution is -0.152. The van der Waals surface area contributed by atoms with E-state index in [0.717, 1.165) is 26.1 Å². The second-order valence-electron chi connectivity index (χ2n) is 5.89. The zero-order valence-corrected chi connectivity index (χ0v) is 11.4. The average Bonchev–Trinajstić information content (AvgIpc) is 2.69. The molecule has 0 bridgehead atoms. The minimum absolute atomic E-state index is 0.174. The zero-order chi connectivity index (χ0) is 13.3. The van der Waals surface area contributed by atoms with E-state index in [1.54, 1.807) is 0 Å². The Morgan fingerprint density at radius 2 is 2.17 bits per heavy atom. The van der Waals surface area contributed by atoms with Gasteiger partial charge in [-0.2, -0.15) is 0 Å². The lowest BCUT2D eigenvalue weighted by Gasteiger charge is -2.40. The molecule has 5 nitrogen and oxygen atoms in total. The first-order valence-corrected chi connectivity index (χ1v) is 6.54. The number of piperazine rings is 1. The summed E-state index contributed by atoms with van der Waals surface area (Å²) in [7, 11) is 1.43. The van der Waals surface area contributed by atoms with Gasteiger partial charge in [-0.3, -0.25) is 14.5 Å². The molecule has 0 saturated carbocycles. The fourth-order valence-electron chi connectivity index (χ4n) is 2.97. The minimum Gasteiger partial charge on any atom is -0.469 e. The van der Waals surface area contributed by atoms with E-state index >= 15 is 0 Å². The first kappa shape index (κ1) is 13.3. The Kier molecular flexibility index (Phi) is 3.61. The molecule has 0 spiro atoms. The molecule has 0 aromatic heterocycles. The molecular formula is C13H22N2O3. The minimum atomic E-state index is -0.487. The normalized spacial score (nSPS) is 25.2. The van der Waals surface area contributed by atoms with E-state index in [1.165, 1.54) is 7.11 Å². The molecule has 2 fully saturated rings. The highest BCUT2D eigenvalue weighted by Gasteiger charge is 2.38. The van der Waals surface area contributed by atoms with Crippen LogP contribution in [0.15, 0.2) is 0 Å². The third-order valence-electron chi connectivity index (χ3n) is 3.94. The van der Waals surface area contributed by atoms with Crippen LogP contribution in [-0.4, -0.2) is 61.0 Å². The first-order valence-electron chi connectivity index (χ1n) is 6.54. The Hall–Kier alpha value is -1.10. The molecule has 0 aliphatic carbocycles. The van der Waals surface area contributed by atoms with E-state index in [-0.39, 0.29) is 11.9 Å². The summed E-state index contributed by atoms with van der Waals surface area (Å²) in [5.41, 5.74) is -0.487. The maximum absolute atomic E-state index is 11.7. The van der Waals surface area contributed by atoms with Gasteiger partial charge in [-0.25, -0.2) is 0 Å². The number of amides is 1. The van der Waals surface area contributed by atoms with Gasteiger partial charge in [0.2, 0.25) is 5.91 Å². The van der Waals surface area contributed by atoms with E-state index in [2.05, 4.69) is 4.90 Å². The van der Waals surface area contributed by atoms with Gasteiger partial charge in [-0.05, 0) is 20.3 Å². The highest BCUT2D eigenvalue weighted by molar-refractivity contribution is 5.79. The Morgan fingerprint density at radius 1 is 1.44 bits per heavy atom. The van der Waals surface area contributed by atoms with Crippen LogP contribution in [0.1, 0.15) is 26.7 Å². The number of carbonyl (C=O) groups excluding carboxylic acids is 2. The van der Waals surface area contributed by atoms with Crippen LogP contribution in [0, 0.1) is 5.41 Å². The van der Waals surface area contributed by atoms with Crippen LogP contribution in [0.25, 0.3) is 0 Å². The summed E-state index contributed by atoms with van der Waals surface area (Å²) in [4.78, 5) is 27.5. The van der Waals surface area contributed by atoms with Gasteiger partial charge < -0.3 is 9.64 Å². The van der Waals surface area contributed by atoms with Crippen molar-refractivity contribution in [3.63, 3.8) is 0 Å². The van der Waals surface area contributed by atoms with Crippen molar-refractivity contribution >= 4 is 11.9 Å². The standard InChI is InChI=1S/C13H22N2O3/c1-13(2,12(17)18-3)9-14-6-7-15-10(8-14)4-5-11(15)16/h10H,4-9H2,1-3H3. The summed E-state index contributed by atoms with van der Waals surface area (Å²) in [6, 6.07) is 0.347. The van der Waals surface area contributed by atoms with Gasteiger partial charge in [0.25, 0.3) is 0 Å². The van der Waals surface area contributed by atoms with Crippen LogP contribution < -0.4 is 0 Å². The molecule has 2 heterocycles. The molecule has 5 heteroatoms. The van der Waals surface area contributed by atoms with Crippen molar-refractivity contribution in [2.75, 3.05) is 33.3 Å². The maximum atomic E-state index is 11.7. The topological polar surface area (TPSA) is 49.9 Å². The van der Waals surface area contributed by atoms with Crippen molar-refractivity contribution in [2.24, 2.45) is 5.41 Å². The van der Waals surface area contributed by atoms with Gasteiger partial charge in [0.15, 0.2) is 0 Å². The highest BCUT2D eigenvalue weighted by atomic mass is 16.5. The number of fused-ring (bicyclic) bond motifs is 1. The highest BCUT2D eigenvalue weighted by Crippen LogP contribution is 2.26. The molecule has 2 aliphatic rings. The Morgan fingerprint density at radius 3 is 2.83 bits per heavy atom. The predicted molar refractivity (Wildman–Crippen MR) is 67.0 cm³/mol. The number of nitrogens with zero attached hydrogens (tertiary/aromatic N) is 2. The largest absolute Gasteiger partial charge is 0.469 e. The smallest absolute Gasteiger partial charge is 0.312 e. The molecule has 18 heavy (non-hydrogen) atoms. The summed E-state index contributed by atoms with van der Waals surface area (Å²) in [6.45, 7) is 7.03. The van der Waals surface area contributed by atoms with Crippen LogP contribution in [0.4, 0.5) is 0 Å². The second kappa shape index (κ2) is 4.88. The Bertz CT molecular complexity index is 354. The van der Waals surface area contributed by atoms with Crippen LogP contribution in [-0.2, 0) is 14.3 Å². The third-order valence-corrected chi connectivity index (χ3v) is 3.94. The van der Waals surface area contributed by atoms with Crippen molar-refractivity contribution in [3.8, 4) is 0 Å². The summed E-state index contributed by atoms with van der Waals surface area (Å²) in [5, 5.41) is 0. The molecule has 2 rings (SSSR count). The van der Waals surface area contributed by atoms with Crippen LogP contribution in [0.2, 0.25) is 0 Å². The summed E-state index contributed by atoms with van der Waals surface area (Å²) < 4.78 is 4.83. The van der Waals surface area contributed by atoms with E-state index in [0.29, 0.717) is 19.0 Å². The molecule has 1 atom stereocenters. The Balaban J connectivity index is 1.93. The molecular weight excluding hydrogens is 232 g/mol. The Labute approximate surface area is 108 Å². The van der Waals surface area contributed by atoms with Crippen LogP contribution in [0.3, 0.4) is 0 Å². The quantitative estimate of drug-likeness (QED) is 0.688. The monoisotopic (exact) mass is 254 g/mol. The van der Waals surface area contributed by atoms with Crippen molar-refractivity contribution in [2.45, 2.75) is 32.7 Å². The number of ether oxygens (including phenoxy) is 1. The number of hydrogen-bond acceptors (Lipinski definition) is 4. The van der Waals surface area contributed by atoms with E-state index in [4.69, 9.17) is 4.74 Å². The van der Waals surface area contributed by atoms with E-state index in [1.807, 2.05) is 18.7 Å². The number of carbonyl (C=O) groups is 2. The van der Waals surface area contributed by atoms with Crippen molar-refractivity contribution in [3.05, 3.63) is 0 Å². The van der Waals surface area contributed by atoms with E-state index in [9.17, 15) is 9.59 Å². The predicted octanol–water partition coefficient (Wildman–Crippen LogP) is 0.492. The maximum Gasteiger partial charge on any atom is 0.312 e. The SMILES string of the molecule is COC(=O)C(C)(C)CN1CCN2C(=O)CCC2C1. The fraction of sp³-hybridized carbons (Fsp3) is 0.846. The van der Waals surface area contributed by atoms with Crippen molar-refractivity contribution in [1.29, 1.82) is 0 Å².